The van der Waals surface area contributed by atoms with Crippen molar-refractivity contribution in [1.29, 1.82) is 0 Å². The largest absolute Gasteiger partial charge is 0.465 e. The number of nitrogen functional groups attached to an aromatic ring is 1. The number of anilines is 2. The van der Waals surface area contributed by atoms with Crippen LogP contribution in [0.25, 0.3) is 0 Å². The van der Waals surface area contributed by atoms with Gasteiger partial charge in [-0.2, -0.15) is 11.8 Å². The predicted octanol–water partition coefficient (Wildman–Crippen LogP) is 2.14. The van der Waals surface area contributed by atoms with Crippen LogP contribution in [0.1, 0.15) is 17.3 Å². The van der Waals surface area contributed by atoms with Crippen LogP contribution in [0.2, 0.25) is 0 Å². The average Bonchev–Trinajstić information content (AvgIpc) is 2.39. The number of nitrogens with two attached hydrogens (primary N) is 1. The number of carbonyl (C=O) groups is 1. The lowest BCUT2D eigenvalue weighted by Crippen LogP contribution is -2.41. The molecule has 4 nitrogen and oxygen atoms in total. The summed E-state index contributed by atoms with van der Waals surface area (Å²) in [6.45, 7) is 2.80. The maximum Gasteiger partial charge on any atom is 0.340 e. The van der Waals surface area contributed by atoms with E-state index in [1.165, 1.54) is 19.2 Å². The number of ether oxygens (including phenoxy) is 1. The van der Waals surface area contributed by atoms with Gasteiger partial charge in [-0.3, -0.25) is 0 Å². The van der Waals surface area contributed by atoms with Crippen molar-refractivity contribution in [2.45, 2.75) is 13.0 Å². The highest BCUT2D eigenvalue weighted by Gasteiger charge is 2.24. The summed E-state index contributed by atoms with van der Waals surface area (Å²) < 4.78 is 18.7. The lowest BCUT2D eigenvalue weighted by atomic mass is 10.1. The maximum absolute atomic E-state index is 14.1. The van der Waals surface area contributed by atoms with Gasteiger partial charge in [0, 0.05) is 29.8 Å². The molecule has 0 saturated carbocycles. The van der Waals surface area contributed by atoms with Gasteiger partial charge < -0.3 is 15.4 Å². The highest BCUT2D eigenvalue weighted by molar-refractivity contribution is 7.99. The Hall–Kier alpha value is -1.43. The molecule has 0 amide bonds. The van der Waals surface area contributed by atoms with Gasteiger partial charge in [0.1, 0.15) is 5.82 Å². The number of methoxy groups -OCH3 is 1. The minimum Gasteiger partial charge on any atom is -0.465 e. The molecule has 2 rings (SSSR count). The molecule has 0 spiro atoms. The average molecular weight is 284 g/mol. The lowest BCUT2D eigenvalue weighted by Gasteiger charge is -2.35. The summed E-state index contributed by atoms with van der Waals surface area (Å²) in [5.74, 6) is 0.945. The number of hydrogen-bond donors (Lipinski definition) is 1. The Morgan fingerprint density at radius 1 is 1.58 bits per heavy atom. The number of nitrogens with zero attached hydrogens (tertiary/aromatic N) is 1. The normalized spacial score (nSPS) is 19.3. The molecule has 1 aromatic rings. The Kier molecular flexibility index (Phi) is 4.19. The van der Waals surface area contributed by atoms with Crippen molar-refractivity contribution < 1.29 is 13.9 Å². The molecule has 0 bridgehead atoms. The summed E-state index contributed by atoms with van der Waals surface area (Å²) in [4.78, 5) is 13.6. The third-order valence-electron chi connectivity index (χ3n) is 3.20. The molecule has 0 aliphatic carbocycles. The van der Waals surface area contributed by atoms with Crippen LogP contribution in [0.5, 0.6) is 0 Å². The minimum absolute atomic E-state index is 0.104. The maximum atomic E-state index is 14.1. The summed E-state index contributed by atoms with van der Waals surface area (Å²) in [5.41, 5.74) is 6.40. The van der Waals surface area contributed by atoms with Crippen molar-refractivity contribution >= 4 is 29.1 Å². The molecule has 1 saturated heterocycles. The highest BCUT2D eigenvalue weighted by Crippen LogP contribution is 2.30. The molecule has 1 aliphatic rings. The molecule has 1 heterocycles. The van der Waals surface area contributed by atoms with E-state index in [4.69, 9.17) is 5.73 Å². The fraction of sp³-hybridized carbons (Fsp3) is 0.462. The van der Waals surface area contributed by atoms with Crippen molar-refractivity contribution in [3.63, 3.8) is 0 Å². The van der Waals surface area contributed by atoms with E-state index in [1.54, 1.807) is 0 Å². The Labute approximate surface area is 116 Å². The van der Waals surface area contributed by atoms with Crippen LogP contribution in [0.4, 0.5) is 15.8 Å². The first-order valence-electron chi connectivity index (χ1n) is 6.06. The summed E-state index contributed by atoms with van der Waals surface area (Å²) in [6, 6.07) is 2.90. The SMILES string of the molecule is COC(=O)c1cc(N2CCSCC2C)c(F)cc1N. The summed E-state index contributed by atoms with van der Waals surface area (Å²) >= 11 is 1.85. The zero-order valence-corrected chi connectivity index (χ0v) is 11.8. The Morgan fingerprint density at radius 3 is 2.95 bits per heavy atom. The molecule has 1 aliphatic heterocycles. The second kappa shape index (κ2) is 5.69. The fourth-order valence-electron chi connectivity index (χ4n) is 2.17. The van der Waals surface area contributed by atoms with Crippen molar-refractivity contribution in [2.75, 3.05) is 35.8 Å². The van der Waals surface area contributed by atoms with Gasteiger partial charge in [-0.1, -0.05) is 0 Å². The van der Waals surface area contributed by atoms with Crippen LogP contribution in [-0.2, 0) is 4.74 Å². The summed E-state index contributed by atoms with van der Waals surface area (Å²) in [6.07, 6.45) is 0. The van der Waals surface area contributed by atoms with Gasteiger partial charge in [-0.05, 0) is 19.1 Å². The Morgan fingerprint density at radius 2 is 2.32 bits per heavy atom. The van der Waals surface area contributed by atoms with Crippen LogP contribution in [-0.4, -0.2) is 37.2 Å². The van der Waals surface area contributed by atoms with Gasteiger partial charge >= 0.3 is 5.97 Å². The van der Waals surface area contributed by atoms with Crippen molar-refractivity contribution in [3.8, 4) is 0 Å². The van der Waals surface area contributed by atoms with Gasteiger partial charge in [0.2, 0.25) is 0 Å². The third kappa shape index (κ3) is 2.78. The number of hydrogen-bond acceptors (Lipinski definition) is 5. The van der Waals surface area contributed by atoms with Gasteiger partial charge in [0.25, 0.3) is 0 Å². The second-order valence-electron chi connectivity index (χ2n) is 4.50. The molecular formula is C13H17FN2O2S. The van der Waals surface area contributed by atoms with E-state index in [-0.39, 0.29) is 17.3 Å². The molecule has 104 valence electrons. The molecule has 6 heteroatoms. The predicted molar refractivity (Wildman–Crippen MR) is 76.3 cm³/mol. The van der Waals surface area contributed by atoms with Crippen LogP contribution >= 0.6 is 11.8 Å². The molecule has 19 heavy (non-hydrogen) atoms. The molecular weight excluding hydrogens is 267 g/mol. The number of carbonyl (C=O) groups excluding carboxylic acids is 1. The minimum atomic E-state index is -0.544. The number of esters is 1. The van der Waals surface area contributed by atoms with Crippen LogP contribution in [0.3, 0.4) is 0 Å². The first-order valence-corrected chi connectivity index (χ1v) is 7.21. The topological polar surface area (TPSA) is 55.6 Å². The van der Waals surface area contributed by atoms with Crippen LogP contribution in [0.15, 0.2) is 12.1 Å². The number of rotatable bonds is 2. The molecule has 1 fully saturated rings. The smallest absolute Gasteiger partial charge is 0.340 e. The molecule has 2 N–H and O–H groups in total. The number of benzene rings is 1. The second-order valence-corrected chi connectivity index (χ2v) is 5.65. The molecule has 0 radical (unpaired) electrons. The number of halogens is 1. The van der Waals surface area contributed by atoms with Crippen LogP contribution in [0, 0.1) is 5.82 Å². The van der Waals surface area contributed by atoms with E-state index in [0.29, 0.717) is 5.69 Å². The first kappa shape index (κ1) is 14.0. The summed E-state index contributed by atoms with van der Waals surface area (Å²) in [5, 5.41) is 0. The highest BCUT2D eigenvalue weighted by atomic mass is 32.2. The monoisotopic (exact) mass is 284 g/mol. The van der Waals surface area contributed by atoms with Gasteiger partial charge in [0.05, 0.1) is 18.4 Å². The van der Waals surface area contributed by atoms with E-state index in [9.17, 15) is 9.18 Å². The Bertz CT molecular complexity index is 496. The molecule has 0 aromatic heterocycles. The molecule has 1 aromatic carbocycles. The fourth-order valence-corrected chi connectivity index (χ4v) is 3.18. The van der Waals surface area contributed by atoms with Crippen molar-refractivity contribution in [2.24, 2.45) is 0 Å². The van der Waals surface area contributed by atoms with E-state index in [2.05, 4.69) is 4.74 Å². The zero-order chi connectivity index (χ0) is 14.0. The Balaban J connectivity index is 2.42. The van der Waals surface area contributed by atoms with Gasteiger partial charge in [0.15, 0.2) is 0 Å². The van der Waals surface area contributed by atoms with Gasteiger partial charge in [-0.15, -0.1) is 0 Å². The van der Waals surface area contributed by atoms with Gasteiger partial charge in [-0.25, -0.2) is 9.18 Å². The van der Waals surface area contributed by atoms with Crippen molar-refractivity contribution in [3.05, 3.63) is 23.5 Å². The first-order chi connectivity index (χ1) is 9.04. The van der Waals surface area contributed by atoms with E-state index < -0.39 is 11.8 Å². The molecule has 1 atom stereocenters. The van der Waals surface area contributed by atoms with Crippen molar-refractivity contribution in [1.82, 2.24) is 0 Å². The quantitative estimate of drug-likeness (QED) is 0.666. The molecule has 1 unspecified atom stereocenters. The third-order valence-corrected chi connectivity index (χ3v) is 4.39. The standard InChI is InChI=1S/C13H17FN2O2S/c1-8-7-19-4-3-16(8)12-5-9(13(17)18-2)11(15)6-10(12)14/h5-6,8H,3-4,7,15H2,1-2H3. The van der Waals surface area contributed by atoms with E-state index >= 15 is 0 Å². The number of thioether (sulfide) groups is 1. The van der Waals surface area contributed by atoms with E-state index in [1.807, 2.05) is 23.6 Å². The lowest BCUT2D eigenvalue weighted by molar-refractivity contribution is 0.0602. The zero-order valence-electron chi connectivity index (χ0n) is 11.0. The summed E-state index contributed by atoms with van der Waals surface area (Å²) in [7, 11) is 1.28. The van der Waals surface area contributed by atoms with E-state index in [0.717, 1.165) is 18.1 Å². The van der Waals surface area contributed by atoms with Crippen LogP contribution < -0.4 is 10.6 Å².